The average molecular weight is 220 g/mol. The molecule has 1 aliphatic heterocycles. The Balaban J connectivity index is 2.49. The van der Waals surface area contributed by atoms with Gasteiger partial charge >= 0.3 is 0 Å². The minimum absolute atomic E-state index is 0.0451. The van der Waals surface area contributed by atoms with Gasteiger partial charge in [-0.15, -0.1) is 0 Å². The Morgan fingerprint density at radius 3 is 2.81 bits per heavy atom. The van der Waals surface area contributed by atoms with Crippen LogP contribution in [0.15, 0.2) is 12.1 Å². The summed E-state index contributed by atoms with van der Waals surface area (Å²) in [6.07, 6.45) is 0. The molecule has 0 saturated carbocycles. The van der Waals surface area contributed by atoms with E-state index in [4.69, 9.17) is 10.5 Å². The molecule has 1 aromatic carbocycles. The molecule has 0 fully saturated rings. The monoisotopic (exact) mass is 220 g/mol. The molecule has 16 heavy (non-hydrogen) atoms. The molecule has 1 aromatic rings. The van der Waals surface area contributed by atoms with Crippen LogP contribution in [0.25, 0.3) is 0 Å². The van der Waals surface area contributed by atoms with E-state index in [0.29, 0.717) is 23.7 Å². The van der Waals surface area contributed by atoms with Crippen molar-refractivity contribution >= 4 is 17.3 Å². The first kappa shape index (κ1) is 10.8. The van der Waals surface area contributed by atoms with Gasteiger partial charge in [-0.05, 0) is 38.5 Å². The number of nitrogens with two attached hydrogens (primary N) is 1. The van der Waals surface area contributed by atoms with Gasteiger partial charge in [0.2, 0.25) is 5.91 Å². The Bertz CT molecular complexity index is 453. The van der Waals surface area contributed by atoms with Crippen molar-refractivity contribution in [3.8, 4) is 5.75 Å². The zero-order valence-corrected chi connectivity index (χ0v) is 9.76. The number of anilines is 2. The van der Waals surface area contributed by atoms with Crippen LogP contribution >= 0.6 is 0 Å². The van der Waals surface area contributed by atoms with Crippen LogP contribution in [0.3, 0.4) is 0 Å². The predicted molar refractivity (Wildman–Crippen MR) is 63.5 cm³/mol. The van der Waals surface area contributed by atoms with Crippen LogP contribution in [0, 0.1) is 12.3 Å². The molecule has 0 unspecified atom stereocenters. The van der Waals surface area contributed by atoms with E-state index in [0.717, 1.165) is 5.56 Å². The molecule has 0 atom stereocenters. The molecule has 0 bridgehead atoms. The number of hydrogen-bond acceptors (Lipinski definition) is 3. The maximum atomic E-state index is 11.9. The summed E-state index contributed by atoms with van der Waals surface area (Å²) in [7, 11) is 0. The van der Waals surface area contributed by atoms with Crippen LogP contribution in [0.2, 0.25) is 0 Å². The second kappa shape index (κ2) is 3.40. The van der Waals surface area contributed by atoms with E-state index < -0.39 is 5.41 Å². The number of ether oxygens (including phenoxy) is 1. The maximum absolute atomic E-state index is 11.9. The molecule has 4 heteroatoms. The topological polar surface area (TPSA) is 64.3 Å². The molecular formula is C12H16N2O2. The quantitative estimate of drug-likeness (QED) is 0.657. The first-order valence-electron chi connectivity index (χ1n) is 5.24. The fourth-order valence-corrected chi connectivity index (χ4v) is 1.66. The summed E-state index contributed by atoms with van der Waals surface area (Å²) in [6.45, 7) is 5.95. The standard InChI is InChI=1S/C12H16N2O2/c1-7-4-8(13)10-9(5-7)14-11(15)12(2,3)6-16-10/h4-5H,6,13H2,1-3H3,(H,14,15). The molecule has 4 nitrogen and oxygen atoms in total. The molecule has 0 aromatic heterocycles. The fourth-order valence-electron chi connectivity index (χ4n) is 1.66. The number of nitrogens with one attached hydrogen (secondary N) is 1. The lowest BCUT2D eigenvalue weighted by molar-refractivity contribution is -0.124. The minimum atomic E-state index is -0.542. The van der Waals surface area contributed by atoms with Crippen LogP contribution in [-0.4, -0.2) is 12.5 Å². The molecule has 0 aliphatic carbocycles. The average Bonchev–Trinajstić information content (AvgIpc) is 2.25. The van der Waals surface area contributed by atoms with E-state index in [1.54, 1.807) is 0 Å². The van der Waals surface area contributed by atoms with Gasteiger partial charge in [-0.25, -0.2) is 0 Å². The summed E-state index contributed by atoms with van der Waals surface area (Å²) in [5, 5.41) is 2.85. The van der Waals surface area contributed by atoms with E-state index in [1.165, 1.54) is 0 Å². The van der Waals surface area contributed by atoms with E-state index in [9.17, 15) is 4.79 Å². The molecule has 2 rings (SSSR count). The van der Waals surface area contributed by atoms with Crippen LogP contribution in [-0.2, 0) is 4.79 Å². The summed E-state index contributed by atoms with van der Waals surface area (Å²) in [4.78, 5) is 11.9. The van der Waals surface area contributed by atoms with Crippen molar-refractivity contribution in [3.63, 3.8) is 0 Å². The van der Waals surface area contributed by atoms with Crippen LogP contribution in [0.5, 0.6) is 5.75 Å². The van der Waals surface area contributed by atoms with Crippen molar-refractivity contribution < 1.29 is 9.53 Å². The lowest BCUT2D eigenvalue weighted by atomic mass is 9.94. The van der Waals surface area contributed by atoms with Gasteiger partial charge in [0.1, 0.15) is 6.61 Å². The van der Waals surface area contributed by atoms with Crippen molar-refractivity contribution in [1.82, 2.24) is 0 Å². The Labute approximate surface area is 94.8 Å². The number of carbonyl (C=O) groups is 1. The number of nitrogen functional groups attached to an aromatic ring is 1. The van der Waals surface area contributed by atoms with Gasteiger partial charge in [0.25, 0.3) is 0 Å². The number of fused-ring (bicyclic) bond motifs is 1. The van der Waals surface area contributed by atoms with Crippen LogP contribution < -0.4 is 15.8 Å². The van der Waals surface area contributed by atoms with Crippen molar-refractivity contribution in [2.75, 3.05) is 17.7 Å². The smallest absolute Gasteiger partial charge is 0.233 e. The molecule has 86 valence electrons. The highest BCUT2D eigenvalue weighted by Crippen LogP contribution is 2.37. The summed E-state index contributed by atoms with van der Waals surface area (Å²) in [5.41, 5.74) is 7.55. The third-order valence-corrected chi connectivity index (χ3v) is 2.70. The van der Waals surface area contributed by atoms with Gasteiger partial charge in [-0.1, -0.05) is 0 Å². The summed E-state index contributed by atoms with van der Waals surface area (Å²) in [5.74, 6) is 0.528. The van der Waals surface area contributed by atoms with Crippen LogP contribution in [0.1, 0.15) is 19.4 Å². The largest absolute Gasteiger partial charge is 0.488 e. The maximum Gasteiger partial charge on any atom is 0.233 e. The number of benzene rings is 1. The Kier molecular flexibility index (Phi) is 2.30. The molecule has 1 heterocycles. The molecule has 3 N–H and O–H groups in total. The lowest BCUT2D eigenvalue weighted by Gasteiger charge is -2.18. The fraction of sp³-hybridized carbons (Fsp3) is 0.417. The van der Waals surface area contributed by atoms with E-state index >= 15 is 0 Å². The highest BCUT2D eigenvalue weighted by atomic mass is 16.5. The van der Waals surface area contributed by atoms with Crippen molar-refractivity contribution in [2.24, 2.45) is 5.41 Å². The van der Waals surface area contributed by atoms with Gasteiger partial charge in [0, 0.05) is 0 Å². The second-order valence-electron chi connectivity index (χ2n) is 4.86. The van der Waals surface area contributed by atoms with E-state index in [-0.39, 0.29) is 5.91 Å². The SMILES string of the molecule is Cc1cc(N)c2c(c1)NC(=O)C(C)(C)CO2. The molecular weight excluding hydrogens is 204 g/mol. The zero-order valence-electron chi connectivity index (χ0n) is 9.76. The first-order valence-corrected chi connectivity index (χ1v) is 5.24. The number of hydrogen-bond donors (Lipinski definition) is 2. The van der Waals surface area contributed by atoms with Crippen molar-refractivity contribution in [2.45, 2.75) is 20.8 Å². The van der Waals surface area contributed by atoms with Crippen molar-refractivity contribution in [3.05, 3.63) is 17.7 Å². The molecule has 0 saturated heterocycles. The molecule has 1 amide bonds. The lowest BCUT2D eigenvalue weighted by Crippen LogP contribution is -2.33. The highest BCUT2D eigenvalue weighted by Gasteiger charge is 2.33. The van der Waals surface area contributed by atoms with Gasteiger partial charge in [0.15, 0.2) is 5.75 Å². The highest BCUT2D eigenvalue weighted by molar-refractivity contribution is 5.98. The van der Waals surface area contributed by atoms with Gasteiger partial charge in [-0.2, -0.15) is 0 Å². The Hall–Kier alpha value is -1.71. The van der Waals surface area contributed by atoms with E-state index in [1.807, 2.05) is 32.9 Å². The third kappa shape index (κ3) is 1.71. The third-order valence-electron chi connectivity index (χ3n) is 2.70. The normalized spacial score (nSPS) is 18.1. The summed E-state index contributed by atoms with van der Waals surface area (Å²) < 4.78 is 5.61. The van der Waals surface area contributed by atoms with Crippen LogP contribution in [0.4, 0.5) is 11.4 Å². The number of amides is 1. The van der Waals surface area contributed by atoms with Gasteiger partial charge in [0.05, 0.1) is 16.8 Å². The zero-order chi connectivity index (χ0) is 11.9. The Morgan fingerprint density at radius 1 is 1.44 bits per heavy atom. The summed E-state index contributed by atoms with van der Waals surface area (Å²) >= 11 is 0. The van der Waals surface area contributed by atoms with Gasteiger partial charge in [-0.3, -0.25) is 4.79 Å². The van der Waals surface area contributed by atoms with Gasteiger partial charge < -0.3 is 15.8 Å². The molecule has 1 aliphatic rings. The van der Waals surface area contributed by atoms with Crippen molar-refractivity contribution in [1.29, 1.82) is 0 Å². The predicted octanol–water partition coefficient (Wildman–Crippen LogP) is 1.93. The number of aryl methyl sites for hydroxylation is 1. The molecule has 0 radical (unpaired) electrons. The first-order chi connectivity index (χ1) is 7.40. The number of carbonyl (C=O) groups excluding carboxylic acids is 1. The second-order valence-corrected chi connectivity index (χ2v) is 4.86. The van der Waals surface area contributed by atoms with E-state index in [2.05, 4.69) is 5.32 Å². The summed E-state index contributed by atoms with van der Waals surface area (Å²) in [6, 6.07) is 3.70. The Morgan fingerprint density at radius 2 is 2.12 bits per heavy atom. The molecule has 0 spiro atoms. The number of rotatable bonds is 0. The minimum Gasteiger partial charge on any atom is -0.488 e.